The van der Waals surface area contributed by atoms with Crippen molar-refractivity contribution < 1.29 is 0 Å². The zero-order chi connectivity index (χ0) is 17.9. The van der Waals surface area contributed by atoms with E-state index >= 15 is 0 Å². The molecule has 26 heavy (non-hydrogen) atoms. The van der Waals surface area contributed by atoms with Gasteiger partial charge < -0.3 is 9.88 Å². The van der Waals surface area contributed by atoms with Gasteiger partial charge in [0.25, 0.3) is 0 Å². The zero-order valence-electron chi connectivity index (χ0n) is 14.3. The lowest BCUT2D eigenvalue weighted by Gasteiger charge is -2.15. The number of benzene rings is 2. The fraction of sp³-hybridized carbons (Fsp3) is 0.150. The third kappa shape index (κ3) is 3.39. The first-order valence-corrected chi connectivity index (χ1v) is 8.82. The van der Waals surface area contributed by atoms with Crippen LogP contribution in [0, 0.1) is 0 Å². The third-order valence-corrected chi connectivity index (χ3v) is 4.45. The van der Waals surface area contributed by atoms with Crippen molar-refractivity contribution in [3.05, 3.63) is 83.4 Å². The fourth-order valence-corrected chi connectivity index (χ4v) is 3.11. The van der Waals surface area contributed by atoms with Crippen LogP contribution in [-0.2, 0) is 6.54 Å². The average Bonchev–Trinajstić information content (AvgIpc) is 3.06. The number of anilines is 1. The number of aromatic nitrogens is 4. The van der Waals surface area contributed by atoms with Crippen molar-refractivity contribution in [3.8, 4) is 0 Å². The van der Waals surface area contributed by atoms with Crippen LogP contribution in [-0.4, -0.2) is 19.5 Å². The van der Waals surface area contributed by atoms with E-state index in [0.29, 0.717) is 17.9 Å². The van der Waals surface area contributed by atoms with Crippen LogP contribution in [0.5, 0.6) is 0 Å². The van der Waals surface area contributed by atoms with Gasteiger partial charge in [0, 0.05) is 0 Å². The number of halogens is 1. The summed E-state index contributed by atoms with van der Waals surface area (Å²) in [5.74, 6) is 0.642. The third-order valence-electron chi connectivity index (χ3n) is 4.29. The minimum atomic E-state index is 0.0737. The normalized spacial score (nSPS) is 12.2. The Balaban J connectivity index is 1.68. The summed E-state index contributed by atoms with van der Waals surface area (Å²) in [6.45, 7) is 2.76. The maximum atomic E-state index is 6.18. The van der Waals surface area contributed by atoms with Crippen LogP contribution in [0.25, 0.3) is 11.2 Å². The zero-order valence-corrected chi connectivity index (χ0v) is 15.1. The maximum Gasteiger partial charge on any atom is 0.226 e. The summed E-state index contributed by atoms with van der Waals surface area (Å²) < 4.78 is 1.98. The highest BCUT2D eigenvalue weighted by molar-refractivity contribution is 6.28. The van der Waals surface area contributed by atoms with Gasteiger partial charge in [0.1, 0.15) is 0 Å². The smallest absolute Gasteiger partial charge is 0.226 e. The predicted molar refractivity (Wildman–Crippen MR) is 104 cm³/mol. The van der Waals surface area contributed by atoms with Gasteiger partial charge in [0.2, 0.25) is 5.28 Å². The number of rotatable bonds is 5. The molecule has 0 aliphatic carbocycles. The summed E-state index contributed by atoms with van der Waals surface area (Å²) >= 11 is 6.18. The molecule has 4 rings (SSSR count). The number of hydrogen-bond donors (Lipinski definition) is 1. The van der Waals surface area contributed by atoms with E-state index in [-0.39, 0.29) is 11.3 Å². The Morgan fingerprint density at radius 3 is 2.42 bits per heavy atom. The molecule has 0 aliphatic rings. The largest absolute Gasteiger partial charge is 0.362 e. The molecule has 0 aliphatic heterocycles. The van der Waals surface area contributed by atoms with Crippen LogP contribution in [0.15, 0.2) is 67.0 Å². The first-order valence-electron chi connectivity index (χ1n) is 8.44. The highest BCUT2D eigenvalue weighted by Crippen LogP contribution is 2.25. The van der Waals surface area contributed by atoms with Gasteiger partial charge in [-0.15, -0.1) is 0 Å². The van der Waals surface area contributed by atoms with E-state index < -0.39 is 0 Å². The van der Waals surface area contributed by atoms with Crippen LogP contribution in [0.1, 0.15) is 24.1 Å². The molecule has 0 amide bonds. The minimum absolute atomic E-state index is 0.0737. The summed E-state index contributed by atoms with van der Waals surface area (Å²) in [6, 6.07) is 20.5. The summed E-state index contributed by atoms with van der Waals surface area (Å²) in [5.41, 5.74) is 3.78. The van der Waals surface area contributed by atoms with Crippen molar-refractivity contribution in [2.75, 3.05) is 5.32 Å². The van der Waals surface area contributed by atoms with E-state index in [0.717, 1.165) is 5.65 Å². The van der Waals surface area contributed by atoms with Crippen LogP contribution < -0.4 is 5.32 Å². The van der Waals surface area contributed by atoms with Gasteiger partial charge in [-0.05, 0) is 29.7 Å². The Labute approximate surface area is 156 Å². The first kappa shape index (κ1) is 16.5. The van der Waals surface area contributed by atoms with E-state index in [4.69, 9.17) is 11.6 Å². The predicted octanol–water partition coefficient (Wildman–Crippen LogP) is 4.70. The number of imidazole rings is 1. The molecule has 130 valence electrons. The molecule has 0 radical (unpaired) electrons. The number of fused-ring (bicyclic) bond motifs is 1. The highest BCUT2D eigenvalue weighted by atomic mass is 35.5. The summed E-state index contributed by atoms with van der Waals surface area (Å²) in [5, 5.41) is 3.61. The van der Waals surface area contributed by atoms with E-state index in [1.165, 1.54) is 11.1 Å². The van der Waals surface area contributed by atoms with Gasteiger partial charge in [-0.2, -0.15) is 9.97 Å². The second-order valence-electron chi connectivity index (χ2n) is 6.15. The minimum Gasteiger partial charge on any atom is -0.362 e. The van der Waals surface area contributed by atoms with Crippen LogP contribution in [0.3, 0.4) is 0 Å². The topological polar surface area (TPSA) is 55.6 Å². The van der Waals surface area contributed by atoms with Crippen molar-refractivity contribution in [3.63, 3.8) is 0 Å². The molecule has 0 spiro atoms. The van der Waals surface area contributed by atoms with Crippen molar-refractivity contribution in [1.29, 1.82) is 0 Å². The van der Waals surface area contributed by atoms with Crippen LogP contribution in [0.2, 0.25) is 5.28 Å². The molecule has 5 nitrogen and oxygen atoms in total. The molecule has 0 bridgehead atoms. The van der Waals surface area contributed by atoms with Crippen molar-refractivity contribution in [2.24, 2.45) is 0 Å². The average molecular weight is 364 g/mol. The fourth-order valence-electron chi connectivity index (χ4n) is 2.94. The molecule has 2 aromatic carbocycles. The van der Waals surface area contributed by atoms with Gasteiger partial charge in [0.05, 0.1) is 18.9 Å². The standard InChI is InChI=1S/C20H18ClN5/c1-14(16-10-6-3-7-11-16)23-18-17-19(25-20(21)24-18)26(13-22-17)12-15-8-4-2-5-9-15/h2-11,13-14H,12H2,1H3,(H,23,24,25). The van der Waals surface area contributed by atoms with Crippen molar-refractivity contribution >= 4 is 28.6 Å². The van der Waals surface area contributed by atoms with Crippen LogP contribution >= 0.6 is 11.6 Å². The number of hydrogen-bond acceptors (Lipinski definition) is 4. The second-order valence-corrected chi connectivity index (χ2v) is 6.49. The maximum absolute atomic E-state index is 6.18. The molecule has 0 saturated heterocycles. The molecule has 1 unspecified atom stereocenters. The molecule has 2 heterocycles. The molecule has 1 N–H and O–H groups in total. The Morgan fingerprint density at radius 1 is 1.00 bits per heavy atom. The second kappa shape index (κ2) is 7.14. The Kier molecular flexibility index (Phi) is 4.54. The quantitative estimate of drug-likeness (QED) is 0.522. The van der Waals surface area contributed by atoms with E-state index in [1.54, 1.807) is 6.33 Å². The van der Waals surface area contributed by atoms with Crippen LogP contribution in [0.4, 0.5) is 5.82 Å². The lowest BCUT2D eigenvalue weighted by atomic mass is 10.1. The molecule has 0 saturated carbocycles. The monoisotopic (exact) mass is 363 g/mol. The van der Waals surface area contributed by atoms with Gasteiger partial charge in [-0.1, -0.05) is 60.7 Å². The molecule has 2 aromatic heterocycles. The summed E-state index contributed by atoms with van der Waals surface area (Å²) in [6.07, 6.45) is 1.78. The van der Waals surface area contributed by atoms with Gasteiger partial charge in [0.15, 0.2) is 17.0 Å². The highest BCUT2D eigenvalue weighted by Gasteiger charge is 2.15. The molecule has 1 atom stereocenters. The van der Waals surface area contributed by atoms with Crippen molar-refractivity contribution in [1.82, 2.24) is 19.5 Å². The molecular weight excluding hydrogens is 346 g/mol. The molecule has 0 fully saturated rings. The lowest BCUT2D eigenvalue weighted by Crippen LogP contribution is -2.09. The van der Waals surface area contributed by atoms with Gasteiger partial charge >= 0.3 is 0 Å². The molecule has 6 heteroatoms. The van der Waals surface area contributed by atoms with E-state index in [1.807, 2.05) is 41.0 Å². The van der Waals surface area contributed by atoms with E-state index in [9.17, 15) is 0 Å². The lowest BCUT2D eigenvalue weighted by molar-refractivity contribution is 0.813. The Hall–Kier alpha value is -2.92. The Morgan fingerprint density at radius 2 is 1.69 bits per heavy atom. The van der Waals surface area contributed by atoms with Gasteiger partial charge in [-0.3, -0.25) is 0 Å². The number of nitrogens with zero attached hydrogens (tertiary/aromatic N) is 4. The Bertz CT molecular complexity index is 1010. The summed E-state index contributed by atoms with van der Waals surface area (Å²) in [4.78, 5) is 13.3. The van der Waals surface area contributed by atoms with Crippen molar-refractivity contribution in [2.45, 2.75) is 19.5 Å². The van der Waals surface area contributed by atoms with E-state index in [2.05, 4.69) is 51.5 Å². The van der Waals surface area contributed by atoms with Gasteiger partial charge in [-0.25, -0.2) is 4.98 Å². The summed E-state index contributed by atoms with van der Waals surface area (Å²) in [7, 11) is 0. The SMILES string of the molecule is CC(Nc1nc(Cl)nc2c1ncn2Cc1ccccc1)c1ccccc1. The molecular formula is C20H18ClN5. The first-order chi connectivity index (χ1) is 12.7. The molecule has 4 aromatic rings. The number of nitrogens with one attached hydrogen (secondary N) is 1.